The molecule has 1 amide bonds. The van der Waals surface area contributed by atoms with Crippen LogP contribution in [0.15, 0.2) is 0 Å². The van der Waals surface area contributed by atoms with E-state index in [-0.39, 0.29) is 18.9 Å². The van der Waals surface area contributed by atoms with Crippen molar-refractivity contribution in [1.29, 1.82) is 0 Å². The molecule has 0 aromatic carbocycles. The predicted octanol–water partition coefficient (Wildman–Crippen LogP) is -0.641. The van der Waals surface area contributed by atoms with Crippen LogP contribution in [-0.4, -0.2) is 193 Å². The van der Waals surface area contributed by atoms with Gasteiger partial charge < -0.3 is 89.9 Å². The Labute approximate surface area is 360 Å². The highest BCUT2D eigenvalue weighted by molar-refractivity contribution is 5.76. The molecule has 0 aromatic rings. The molecule has 3 aliphatic heterocycles. The number of unbranched alkanes of at least 4 members (excludes halogenated alkanes) is 14. The minimum absolute atomic E-state index is 0.260. The quantitative estimate of drug-likeness (QED) is 0.0399. The number of aliphatic hydroxyl groups excluding tert-OH is 11. The molecule has 0 aliphatic carbocycles. The molecule has 3 saturated heterocycles. The summed E-state index contributed by atoms with van der Waals surface area (Å²) < 4.78 is 33.9. The van der Waals surface area contributed by atoms with E-state index in [1.807, 2.05) is 0 Å². The third kappa shape index (κ3) is 16.9. The van der Waals surface area contributed by atoms with E-state index in [1.54, 1.807) is 0 Å². The van der Waals surface area contributed by atoms with Crippen molar-refractivity contribution in [2.75, 3.05) is 26.4 Å². The first-order valence-corrected chi connectivity index (χ1v) is 22.8. The number of carbonyl (C=O) groups is 1. The fourth-order valence-corrected chi connectivity index (χ4v) is 8.02. The summed E-state index contributed by atoms with van der Waals surface area (Å²) in [6.07, 6.45) is -8.30. The van der Waals surface area contributed by atoms with Crippen LogP contribution in [0.3, 0.4) is 0 Å². The molecule has 19 heteroatoms. The van der Waals surface area contributed by atoms with Gasteiger partial charge in [0.15, 0.2) is 18.9 Å². The van der Waals surface area contributed by atoms with Crippen LogP contribution >= 0.6 is 0 Å². The largest absolute Gasteiger partial charge is 0.394 e. The number of aliphatic hydroxyl groups is 11. The lowest BCUT2D eigenvalue weighted by Gasteiger charge is -2.48. The maximum atomic E-state index is 12.9. The Morgan fingerprint density at radius 1 is 0.525 bits per heavy atom. The lowest BCUT2D eigenvalue weighted by Crippen LogP contribution is -2.66. The number of amides is 1. The van der Waals surface area contributed by atoms with E-state index >= 15 is 0 Å². The molecule has 0 saturated carbocycles. The van der Waals surface area contributed by atoms with Crippen molar-refractivity contribution >= 4 is 5.91 Å². The Morgan fingerprint density at radius 2 is 0.934 bits per heavy atom. The van der Waals surface area contributed by atoms with Crippen LogP contribution in [0.25, 0.3) is 0 Å². The Balaban J connectivity index is 1.57. The monoisotopic (exact) mass is 886 g/mol. The van der Waals surface area contributed by atoms with E-state index in [9.17, 15) is 61.0 Å². The molecule has 0 radical (unpaired) electrons. The molecule has 17 unspecified atom stereocenters. The molecule has 19 nitrogen and oxygen atoms in total. The Bertz CT molecular complexity index is 1160. The number of rotatable bonds is 30. The molecular formula is C42H79NO18. The van der Waals surface area contributed by atoms with E-state index in [0.717, 1.165) is 44.9 Å². The number of nitrogens with one attached hydrogen (secondary N) is 1. The molecule has 12 N–H and O–H groups in total. The number of carbonyl (C=O) groups excluding carboxylic acids is 1. The molecule has 0 bridgehead atoms. The zero-order valence-electron chi connectivity index (χ0n) is 36.1. The van der Waals surface area contributed by atoms with E-state index < -0.39 is 124 Å². The zero-order valence-corrected chi connectivity index (χ0v) is 36.1. The van der Waals surface area contributed by atoms with Gasteiger partial charge in [0.1, 0.15) is 73.2 Å². The molecule has 0 aromatic heterocycles. The highest BCUT2D eigenvalue weighted by Gasteiger charge is 2.53. The molecule has 360 valence electrons. The summed E-state index contributed by atoms with van der Waals surface area (Å²) in [5, 5.41) is 119. The highest BCUT2D eigenvalue weighted by atomic mass is 16.8. The second-order valence-electron chi connectivity index (χ2n) is 16.9. The van der Waals surface area contributed by atoms with Gasteiger partial charge in [-0.2, -0.15) is 0 Å². The van der Waals surface area contributed by atoms with Crippen molar-refractivity contribution in [2.45, 2.75) is 234 Å². The lowest BCUT2D eigenvalue weighted by molar-refractivity contribution is -0.379. The Morgan fingerprint density at radius 3 is 1.43 bits per heavy atom. The number of hydrogen-bond donors (Lipinski definition) is 12. The second-order valence-corrected chi connectivity index (χ2v) is 16.9. The maximum Gasteiger partial charge on any atom is 0.220 e. The van der Waals surface area contributed by atoms with Crippen molar-refractivity contribution in [3.05, 3.63) is 0 Å². The fraction of sp³-hybridized carbons (Fsp3) is 0.976. The van der Waals surface area contributed by atoms with Gasteiger partial charge in [-0.15, -0.1) is 0 Å². The summed E-state index contributed by atoms with van der Waals surface area (Å²) in [4.78, 5) is 12.9. The van der Waals surface area contributed by atoms with E-state index in [4.69, 9.17) is 28.4 Å². The summed E-state index contributed by atoms with van der Waals surface area (Å²) in [5.41, 5.74) is 0. The summed E-state index contributed by atoms with van der Waals surface area (Å²) in [6, 6.07) is -0.873. The SMILES string of the molecule is CCCCCCCCCCCCCCC(O)C(COC1OC(CO)C(OC2OC(CO)C(OC3OC(CO)C(O)C(O)C3O)C(O)C2O)C(O)C1O)NC(=O)CCCCCC. The van der Waals surface area contributed by atoms with E-state index in [1.165, 1.54) is 51.4 Å². The first kappa shape index (κ1) is 54.1. The van der Waals surface area contributed by atoms with Crippen LogP contribution in [0.4, 0.5) is 0 Å². The minimum atomic E-state index is -1.96. The van der Waals surface area contributed by atoms with Crippen molar-refractivity contribution in [2.24, 2.45) is 0 Å². The van der Waals surface area contributed by atoms with Gasteiger partial charge in [-0.25, -0.2) is 0 Å². The van der Waals surface area contributed by atoms with Crippen LogP contribution in [0.1, 0.15) is 129 Å². The second kappa shape index (κ2) is 29.4. The van der Waals surface area contributed by atoms with Crippen LogP contribution < -0.4 is 5.32 Å². The zero-order chi connectivity index (χ0) is 44.9. The average Bonchev–Trinajstić information content (AvgIpc) is 3.25. The standard InChI is InChI=1S/C42H79NO18/c1-3-5-7-9-10-11-12-13-14-15-16-17-19-26(47)25(43-30(48)20-18-8-6-4-2)24-56-40-36(54)33(51)38(28(22-45)58-40)61-42-37(55)34(52)39(29(23-46)59-42)60-41-35(53)32(50)31(49)27(21-44)57-41/h25-29,31-42,44-47,49-55H,3-24H2,1-2H3,(H,43,48). The van der Waals surface area contributed by atoms with Crippen molar-refractivity contribution in [1.82, 2.24) is 5.32 Å². The summed E-state index contributed by atoms with van der Waals surface area (Å²) in [5.74, 6) is -0.263. The van der Waals surface area contributed by atoms with Gasteiger partial charge in [0, 0.05) is 6.42 Å². The van der Waals surface area contributed by atoms with Gasteiger partial charge in [0.05, 0.1) is 38.6 Å². The normalized spacial score (nSPS) is 35.5. The summed E-state index contributed by atoms with van der Waals surface area (Å²) in [7, 11) is 0. The predicted molar refractivity (Wildman–Crippen MR) is 217 cm³/mol. The third-order valence-electron chi connectivity index (χ3n) is 11.9. The molecule has 17 atom stereocenters. The van der Waals surface area contributed by atoms with Crippen molar-refractivity contribution < 1.29 is 89.4 Å². The highest BCUT2D eigenvalue weighted by Crippen LogP contribution is 2.33. The van der Waals surface area contributed by atoms with Crippen LogP contribution in [0, 0.1) is 0 Å². The van der Waals surface area contributed by atoms with Crippen molar-refractivity contribution in [3.8, 4) is 0 Å². The maximum absolute atomic E-state index is 12.9. The van der Waals surface area contributed by atoms with Gasteiger partial charge in [-0.1, -0.05) is 110 Å². The van der Waals surface area contributed by atoms with Crippen LogP contribution in [0.2, 0.25) is 0 Å². The Hall–Kier alpha value is -1.21. The first-order valence-electron chi connectivity index (χ1n) is 22.8. The van der Waals surface area contributed by atoms with Gasteiger partial charge in [-0.05, 0) is 12.8 Å². The van der Waals surface area contributed by atoms with Gasteiger partial charge in [-0.3, -0.25) is 4.79 Å². The molecule has 3 heterocycles. The first-order chi connectivity index (χ1) is 29.3. The molecule has 61 heavy (non-hydrogen) atoms. The van der Waals surface area contributed by atoms with E-state index in [2.05, 4.69) is 19.2 Å². The molecule has 3 rings (SSSR count). The topological polar surface area (TPSA) is 307 Å². The van der Waals surface area contributed by atoms with Gasteiger partial charge in [0.2, 0.25) is 5.91 Å². The van der Waals surface area contributed by atoms with Crippen molar-refractivity contribution in [3.63, 3.8) is 0 Å². The fourth-order valence-electron chi connectivity index (χ4n) is 8.02. The van der Waals surface area contributed by atoms with Gasteiger partial charge in [0.25, 0.3) is 0 Å². The minimum Gasteiger partial charge on any atom is -0.394 e. The summed E-state index contributed by atoms with van der Waals surface area (Å²) >= 11 is 0. The molecule has 3 fully saturated rings. The van der Waals surface area contributed by atoms with Crippen LogP contribution in [0.5, 0.6) is 0 Å². The number of ether oxygens (including phenoxy) is 6. The van der Waals surface area contributed by atoms with E-state index in [0.29, 0.717) is 12.8 Å². The Kier molecular flexibility index (Phi) is 26.0. The van der Waals surface area contributed by atoms with Gasteiger partial charge >= 0.3 is 0 Å². The lowest BCUT2D eigenvalue weighted by atomic mass is 9.96. The third-order valence-corrected chi connectivity index (χ3v) is 11.9. The smallest absolute Gasteiger partial charge is 0.220 e. The number of hydrogen-bond acceptors (Lipinski definition) is 18. The molecular weight excluding hydrogens is 806 g/mol. The molecule has 3 aliphatic rings. The summed E-state index contributed by atoms with van der Waals surface area (Å²) in [6.45, 7) is 1.59. The van der Waals surface area contributed by atoms with Crippen LogP contribution in [-0.2, 0) is 33.2 Å². The molecule has 0 spiro atoms. The average molecular weight is 886 g/mol.